The lowest BCUT2D eigenvalue weighted by Gasteiger charge is -2.34. The van der Waals surface area contributed by atoms with Gasteiger partial charge in [0.05, 0.1) is 4.92 Å². The minimum atomic E-state index is -0.487. The Balaban J connectivity index is 2.24. The number of aromatic nitrogens is 2. The number of piperidine rings is 1. The van der Waals surface area contributed by atoms with Crippen LogP contribution >= 0.6 is 0 Å². The highest BCUT2D eigenvalue weighted by Crippen LogP contribution is 2.34. The normalized spacial score (nSPS) is 16.5. The monoisotopic (exact) mass is 280 g/mol. The van der Waals surface area contributed by atoms with Crippen LogP contribution in [0.25, 0.3) is 0 Å². The lowest BCUT2D eigenvalue weighted by atomic mass is 9.87. The van der Waals surface area contributed by atoms with E-state index in [1.54, 1.807) is 0 Å². The summed E-state index contributed by atoms with van der Waals surface area (Å²) in [7, 11) is 0. The maximum absolute atomic E-state index is 11.2. The van der Waals surface area contributed by atoms with Gasteiger partial charge < -0.3 is 10.3 Å². The molecule has 1 aromatic heterocycles. The number of rotatable bonds is 4. The van der Waals surface area contributed by atoms with Crippen molar-refractivity contribution in [2.24, 2.45) is 17.7 Å². The Morgan fingerprint density at radius 1 is 1.45 bits per heavy atom. The maximum Gasteiger partial charge on any atom is 0.354 e. The summed E-state index contributed by atoms with van der Waals surface area (Å²) in [6, 6.07) is 0. The van der Waals surface area contributed by atoms with Gasteiger partial charge in [-0.25, -0.2) is 15.8 Å². The third kappa shape index (κ3) is 2.79. The number of nitrogens with one attached hydrogen (secondary N) is 1. The summed E-state index contributed by atoms with van der Waals surface area (Å²) in [5, 5.41) is 11.2. The molecule has 0 saturated carbocycles. The summed E-state index contributed by atoms with van der Waals surface area (Å²) in [6.07, 6.45) is 3.33. The van der Waals surface area contributed by atoms with Crippen LogP contribution in [-0.4, -0.2) is 28.0 Å². The number of nitrogen functional groups attached to an aromatic ring is 1. The largest absolute Gasteiger partial charge is 0.354 e. The molecule has 0 amide bonds. The first-order chi connectivity index (χ1) is 9.54. The minimum absolute atomic E-state index is 0.0472. The van der Waals surface area contributed by atoms with Crippen molar-refractivity contribution in [3.8, 4) is 0 Å². The molecule has 0 unspecified atom stereocenters. The van der Waals surface area contributed by atoms with Gasteiger partial charge in [0.2, 0.25) is 11.6 Å². The molecule has 1 fully saturated rings. The van der Waals surface area contributed by atoms with E-state index in [1.807, 2.05) is 4.90 Å². The van der Waals surface area contributed by atoms with Crippen molar-refractivity contribution in [2.75, 3.05) is 23.4 Å². The van der Waals surface area contributed by atoms with Crippen molar-refractivity contribution in [1.29, 1.82) is 0 Å². The number of nitro groups is 1. The standard InChI is InChI=1S/C12H20N6O2/c1-8(2)9-3-5-17(6-4-9)12-10(18(19)20)11(16-13)14-7-15-12/h7-9H,3-6,13H2,1-2H3,(H,14,15,16). The van der Waals surface area contributed by atoms with Crippen molar-refractivity contribution in [1.82, 2.24) is 9.97 Å². The molecule has 110 valence electrons. The lowest BCUT2D eigenvalue weighted by molar-refractivity contribution is -0.383. The van der Waals surface area contributed by atoms with Gasteiger partial charge in [-0.1, -0.05) is 13.8 Å². The van der Waals surface area contributed by atoms with E-state index in [4.69, 9.17) is 5.84 Å². The molecule has 0 atom stereocenters. The van der Waals surface area contributed by atoms with Gasteiger partial charge in [0.25, 0.3) is 0 Å². The highest BCUT2D eigenvalue weighted by molar-refractivity contribution is 5.69. The quantitative estimate of drug-likeness (QED) is 0.489. The first-order valence-corrected chi connectivity index (χ1v) is 6.75. The Bertz CT molecular complexity index is 485. The minimum Gasteiger partial charge on any atom is -0.351 e. The number of anilines is 2. The summed E-state index contributed by atoms with van der Waals surface area (Å²) >= 11 is 0. The van der Waals surface area contributed by atoms with Gasteiger partial charge in [-0.2, -0.15) is 0 Å². The fraction of sp³-hybridized carbons (Fsp3) is 0.667. The zero-order valence-electron chi connectivity index (χ0n) is 11.7. The molecule has 0 aromatic carbocycles. The van der Waals surface area contributed by atoms with Crippen molar-refractivity contribution in [3.63, 3.8) is 0 Å². The molecule has 1 aromatic rings. The van der Waals surface area contributed by atoms with Crippen molar-refractivity contribution < 1.29 is 4.92 Å². The molecule has 3 N–H and O–H groups in total. The topological polar surface area (TPSA) is 110 Å². The summed E-state index contributed by atoms with van der Waals surface area (Å²) in [6.45, 7) is 5.96. The molecule has 0 bridgehead atoms. The molecule has 1 aliphatic rings. The highest BCUT2D eigenvalue weighted by Gasteiger charge is 2.30. The molecule has 0 aliphatic carbocycles. The Morgan fingerprint density at radius 3 is 2.60 bits per heavy atom. The highest BCUT2D eigenvalue weighted by atomic mass is 16.6. The van der Waals surface area contributed by atoms with Crippen LogP contribution in [0.3, 0.4) is 0 Å². The Morgan fingerprint density at radius 2 is 2.10 bits per heavy atom. The van der Waals surface area contributed by atoms with Gasteiger partial charge in [-0.15, -0.1) is 0 Å². The molecule has 2 rings (SSSR count). The van der Waals surface area contributed by atoms with Crippen LogP contribution in [0.1, 0.15) is 26.7 Å². The van der Waals surface area contributed by atoms with Crippen molar-refractivity contribution in [2.45, 2.75) is 26.7 Å². The average molecular weight is 280 g/mol. The van der Waals surface area contributed by atoms with E-state index in [9.17, 15) is 10.1 Å². The van der Waals surface area contributed by atoms with Gasteiger partial charge in [-0.3, -0.25) is 10.1 Å². The lowest BCUT2D eigenvalue weighted by Crippen LogP contribution is -2.36. The van der Waals surface area contributed by atoms with E-state index in [2.05, 4.69) is 29.2 Å². The van der Waals surface area contributed by atoms with Crippen LogP contribution in [0.2, 0.25) is 0 Å². The Labute approximate surface area is 117 Å². The number of nitrogens with zero attached hydrogens (tertiary/aromatic N) is 4. The zero-order valence-corrected chi connectivity index (χ0v) is 11.7. The molecule has 1 aliphatic heterocycles. The van der Waals surface area contributed by atoms with Crippen LogP contribution in [0.15, 0.2) is 6.33 Å². The van der Waals surface area contributed by atoms with Crippen molar-refractivity contribution in [3.05, 3.63) is 16.4 Å². The van der Waals surface area contributed by atoms with Crippen molar-refractivity contribution >= 4 is 17.3 Å². The van der Waals surface area contributed by atoms with Crippen LogP contribution < -0.4 is 16.2 Å². The van der Waals surface area contributed by atoms with Gasteiger partial charge >= 0.3 is 5.69 Å². The maximum atomic E-state index is 11.2. The third-order valence-corrected chi connectivity index (χ3v) is 3.90. The molecular weight excluding hydrogens is 260 g/mol. The van der Waals surface area contributed by atoms with Gasteiger partial charge in [0.1, 0.15) is 6.33 Å². The molecule has 20 heavy (non-hydrogen) atoms. The van der Waals surface area contributed by atoms with E-state index in [0.717, 1.165) is 25.9 Å². The summed E-state index contributed by atoms with van der Waals surface area (Å²) in [4.78, 5) is 20.6. The molecule has 8 nitrogen and oxygen atoms in total. The molecule has 1 saturated heterocycles. The van der Waals surface area contributed by atoms with Crippen LogP contribution in [-0.2, 0) is 0 Å². The summed E-state index contributed by atoms with van der Waals surface area (Å²) in [5.74, 6) is 6.98. The van der Waals surface area contributed by atoms with E-state index >= 15 is 0 Å². The average Bonchev–Trinajstić information content (AvgIpc) is 2.46. The molecule has 8 heteroatoms. The second kappa shape index (κ2) is 6.00. The van der Waals surface area contributed by atoms with E-state index < -0.39 is 4.92 Å². The first kappa shape index (κ1) is 14.4. The van der Waals surface area contributed by atoms with Crippen LogP contribution in [0.5, 0.6) is 0 Å². The van der Waals surface area contributed by atoms with E-state index in [-0.39, 0.29) is 11.5 Å². The Kier molecular flexibility index (Phi) is 4.33. The number of hydrazine groups is 1. The fourth-order valence-electron chi connectivity index (χ4n) is 2.65. The third-order valence-electron chi connectivity index (χ3n) is 3.90. The van der Waals surface area contributed by atoms with Gasteiger partial charge in [0.15, 0.2) is 0 Å². The Hall–Kier alpha value is -1.96. The SMILES string of the molecule is CC(C)C1CCN(c2ncnc(NN)c2[N+](=O)[O-])CC1. The van der Waals surface area contributed by atoms with Crippen LogP contribution in [0.4, 0.5) is 17.3 Å². The molecule has 0 spiro atoms. The first-order valence-electron chi connectivity index (χ1n) is 6.75. The fourth-order valence-corrected chi connectivity index (χ4v) is 2.65. The number of nitrogens with two attached hydrogens (primary N) is 1. The van der Waals surface area contributed by atoms with Gasteiger partial charge in [-0.05, 0) is 24.7 Å². The number of hydrogen-bond donors (Lipinski definition) is 2. The smallest absolute Gasteiger partial charge is 0.351 e. The predicted octanol–water partition coefficient (Wildman–Crippen LogP) is 1.54. The molecule has 2 heterocycles. The van der Waals surface area contributed by atoms with E-state index in [1.165, 1.54) is 6.33 Å². The predicted molar refractivity (Wildman–Crippen MR) is 76.3 cm³/mol. The second-order valence-corrected chi connectivity index (χ2v) is 5.36. The molecule has 0 radical (unpaired) electrons. The number of hydrogen-bond acceptors (Lipinski definition) is 7. The summed E-state index contributed by atoms with van der Waals surface area (Å²) < 4.78 is 0. The van der Waals surface area contributed by atoms with Crippen LogP contribution in [0, 0.1) is 22.0 Å². The second-order valence-electron chi connectivity index (χ2n) is 5.36. The van der Waals surface area contributed by atoms with E-state index in [0.29, 0.717) is 17.7 Å². The zero-order chi connectivity index (χ0) is 14.7. The summed E-state index contributed by atoms with van der Waals surface area (Å²) in [5.41, 5.74) is 2.11. The van der Waals surface area contributed by atoms with Gasteiger partial charge in [0, 0.05) is 13.1 Å². The molecular formula is C12H20N6O2.